The third-order valence-electron chi connectivity index (χ3n) is 7.34. The van der Waals surface area contributed by atoms with E-state index in [1.165, 1.54) is 22.0 Å². The first-order valence-electron chi connectivity index (χ1n) is 12.9. The third-order valence-corrected chi connectivity index (χ3v) is 8.72. The van der Waals surface area contributed by atoms with Crippen LogP contribution in [0, 0.1) is 5.92 Å². The molecule has 2 aromatic heterocycles. The number of fused-ring (bicyclic) bond motifs is 1. The summed E-state index contributed by atoms with van der Waals surface area (Å²) in [7, 11) is 0. The summed E-state index contributed by atoms with van der Waals surface area (Å²) in [6, 6.07) is 17.3. The molecule has 0 saturated heterocycles. The Labute approximate surface area is 234 Å². The first-order valence-corrected chi connectivity index (χ1v) is 14.1. The molecule has 0 spiro atoms. The van der Waals surface area contributed by atoms with Crippen molar-refractivity contribution in [2.75, 3.05) is 11.9 Å². The highest BCUT2D eigenvalue weighted by Crippen LogP contribution is 2.44. The molecule has 0 radical (unpaired) electrons. The van der Waals surface area contributed by atoms with Gasteiger partial charge in [0, 0.05) is 23.4 Å². The molecule has 10 nitrogen and oxygen atoms in total. The molecule has 4 N–H and O–H groups in total. The van der Waals surface area contributed by atoms with Gasteiger partial charge < -0.3 is 20.8 Å². The van der Waals surface area contributed by atoms with Gasteiger partial charge in [0.1, 0.15) is 6.10 Å². The maximum atomic E-state index is 12.5. The fourth-order valence-corrected chi connectivity index (χ4v) is 6.25. The predicted octanol–water partition coefficient (Wildman–Crippen LogP) is 3.41. The average molecular weight is 566 g/mol. The summed E-state index contributed by atoms with van der Waals surface area (Å²) in [6.07, 6.45) is -1.28. The van der Waals surface area contributed by atoms with E-state index in [1.54, 1.807) is 6.07 Å². The standard InChI is InChI=1S/C27H28ClN7O3S/c1-2-29-26(38)16-13-19(23(37)22(16)36)35-25-21(33-34-35)24(30-18-12-15(18)14-8-4-3-5-9-14)31-27(32-25)39-20-11-7-6-10-17(20)28/h3-11,15-16,18-19,22-23,36-37H,2,12-13H2,1H3,(H,29,38)(H,30,31,32)/t15?,16-,18?,19+,22+,23-/m1/s1. The summed E-state index contributed by atoms with van der Waals surface area (Å²) >= 11 is 7.73. The molecular formula is C27H28ClN7O3S. The lowest BCUT2D eigenvalue weighted by Crippen LogP contribution is -2.38. The van der Waals surface area contributed by atoms with E-state index in [4.69, 9.17) is 21.6 Å². The molecule has 2 fully saturated rings. The predicted molar refractivity (Wildman–Crippen MR) is 148 cm³/mol. The van der Waals surface area contributed by atoms with E-state index in [1.807, 2.05) is 43.3 Å². The molecule has 2 saturated carbocycles. The van der Waals surface area contributed by atoms with E-state index < -0.39 is 24.2 Å². The van der Waals surface area contributed by atoms with Crippen molar-refractivity contribution in [3.63, 3.8) is 0 Å². The summed E-state index contributed by atoms with van der Waals surface area (Å²) in [5.74, 6) is -0.171. The number of hydrogen-bond donors (Lipinski definition) is 4. The minimum absolute atomic E-state index is 0.176. The number of aliphatic hydroxyl groups is 2. The molecule has 0 bridgehead atoms. The van der Waals surface area contributed by atoms with Crippen LogP contribution in [0.4, 0.5) is 5.82 Å². The minimum atomic E-state index is -1.23. The van der Waals surface area contributed by atoms with Gasteiger partial charge >= 0.3 is 0 Å². The number of hydrogen-bond acceptors (Lipinski definition) is 9. The third kappa shape index (κ3) is 5.07. The maximum absolute atomic E-state index is 12.5. The normalized spacial score (nSPS) is 26.1. The number of halogens is 1. The Balaban J connectivity index is 1.36. The molecule has 4 aromatic rings. The topological polar surface area (TPSA) is 138 Å². The van der Waals surface area contributed by atoms with Gasteiger partial charge in [0.25, 0.3) is 0 Å². The Morgan fingerprint density at radius 3 is 2.62 bits per heavy atom. The van der Waals surface area contributed by atoms with Crippen molar-refractivity contribution < 1.29 is 15.0 Å². The molecule has 2 aliphatic rings. The zero-order chi connectivity index (χ0) is 27.1. The lowest BCUT2D eigenvalue weighted by molar-refractivity contribution is -0.128. The van der Waals surface area contributed by atoms with Gasteiger partial charge in [-0.15, -0.1) is 5.10 Å². The number of nitrogens with zero attached hydrogens (tertiary/aromatic N) is 5. The van der Waals surface area contributed by atoms with E-state index in [0.717, 1.165) is 11.3 Å². The number of benzene rings is 2. The number of carbonyl (C=O) groups excluding carboxylic acids is 1. The molecular weight excluding hydrogens is 538 g/mol. The molecule has 6 rings (SSSR count). The Morgan fingerprint density at radius 1 is 1.08 bits per heavy atom. The molecule has 2 heterocycles. The zero-order valence-electron chi connectivity index (χ0n) is 21.1. The first kappa shape index (κ1) is 26.0. The Kier molecular flexibility index (Phi) is 7.15. The van der Waals surface area contributed by atoms with Gasteiger partial charge in [-0.25, -0.2) is 14.6 Å². The highest BCUT2D eigenvalue weighted by atomic mass is 35.5. The highest BCUT2D eigenvalue weighted by Gasteiger charge is 2.47. The van der Waals surface area contributed by atoms with Crippen LogP contribution in [0.25, 0.3) is 11.2 Å². The Bertz CT molecular complexity index is 1500. The summed E-state index contributed by atoms with van der Waals surface area (Å²) in [5.41, 5.74) is 2.13. The minimum Gasteiger partial charge on any atom is -0.390 e. The molecule has 1 amide bonds. The molecule has 39 heavy (non-hydrogen) atoms. The monoisotopic (exact) mass is 565 g/mol. The van der Waals surface area contributed by atoms with Gasteiger partial charge in [0.05, 0.1) is 23.1 Å². The lowest BCUT2D eigenvalue weighted by Gasteiger charge is -2.17. The number of rotatable bonds is 8. The molecule has 6 atom stereocenters. The van der Waals surface area contributed by atoms with Crippen molar-refractivity contribution in [1.29, 1.82) is 0 Å². The van der Waals surface area contributed by atoms with Crippen LogP contribution in [0.1, 0.15) is 37.3 Å². The Morgan fingerprint density at radius 2 is 1.85 bits per heavy atom. The van der Waals surface area contributed by atoms with Gasteiger partial charge in [-0.2, -0.15) is 0 Å². The van der Waals surface area contributed by atoms with Crippen molar-refractivity contribution in [2.24, 2.45) is 5.92 Å². The number of carbonyl (C=O) groups is 1. The first-order chi connectivity index (χ1) is 18.9. The van der Waals surface area contributed by atoms with Crippen LogP contribution in [0.2, 0.25) is 5.02 Å². The SMILES string of the molecule is CCNC(=O)[C@@H]1C[C@H](n2nnc3c(NC4CC4c4ccccc4)nc(Sc4ccccc4Cl)nc32)[C@@H](O)[C@H]1O. The van der Waals surface area contributed by atoms with Crippen molar-refractivity contribution in [2.45, 2.75) is 60.0 Å². The molecule has 2 aliphatic carbocycles. The van der Waals surface area contributed by atoms with Crippen LogP contribution in [-0.2, 0) is 4.79 Å². The smallest absolute Gasteiger partial charge is 0.225 e. The van der Waals surface area contributed by atoms with Crippen molar-refractivity contribution >= 4 is 46.3 Å². The zero-order valence-corrected chi connectivity index (χ0v) is 22.7. The summed E-state index contributed by atoms with van der Waals surface area (Å²) in [4.78, 5) is 22.8. The van der Waals surface area contributed by atoms with Crippen molar-refractivity contribution in [1.82, 2.24) is 30.3 Å². The van der Waals surface area contributed by atoms with Crippen LogP contribution in [0.5, 0.6) is 0 Å². The second-order valence-corrected chi connectivity index (χ2v) is 11.3. The average Bonchev–Trinajstić information content (AvgIpc) is 3.48. The van der Waals surface area contributed by atoms with Gasteiger partial charge in [-0.3, -0.25) is 4.79 Å². The number of anilines is 1. The van der Waals surface area contributed by atoms with Crippen LogP contribution in [-0.4, -0.2) is 65.9 Å². The number of amides is 1. The second-order valence-electron chi connectivity index (χ2n) is 9.88. The van der Waals surface area contributed by atoms with Gasteiger partial charge in [0.15, 0.2) is 22.1 Å². The fourth-order valence-electron chi connectivity index (χ4n) is 5.22. The van der Waals surface area contributed by atoms with Crippen LogP contribution in [0.15, 0.2) is 64.6 Å². The van der Waals surface area contributed by atoms with Crippen molar-refractivity contribution in [3.05, 3.63) is 65.2 Å². The van der Waals surface area contributed by atoms with Crippen LogP contribution in [0.3, 0.4) is 0 Å². The molecule has 12 heteroatoms. The number of nitrogens with one attached hydrogen (secondary N) is 2. The summed E-state index contributed by atoms with van der Waals surface area (Å²) in [5, 5.41) is 37.5. The van der Waals surface area contributed by atoms with Gasteiger partial charge in [0.2, 0.25) is 5.91 Å². The van der Waals surface area contributed by atoms with Gasteiger partial charge in [-0.1, -0.05) is 59.3 Å². The quantitative estimate of drug-likeness (QED) is 0.237. The maximum Gasteiger partial charge on any atom is 0.225 e. The largest absolute Gasteiger partial charge is 0.390 e. The molecule has 2 aromatic carbocycles. The number of aromatic nitrogens is 5. The molecule has 0 aliphatic heterocycles. The van der Waals surface area contributed by atoms with E-state index in [0.29, 0.717) is 39.6 Å². The van der Waals surface area contributed by atoms with Crippen LogP contribution < -0.4 is 10.6 Å². The van der Waals surface area contributed by atoms with Gasteiger partial charge in [-0.05, 0) is 49.2 Å². The van der Waals surface area contributed by atoms with Crippen molar-refractivity contribution in [3.8, 4) is 0 Å². The molecule has 2 unspecified atom stereocenters. The van der Waals surface area contributed by atoms with E-state index in [2.05, 4.69) is 33.1 Å². The van der Waals surface area contributed by atoms with E-state index in [9.17, 15) is 15.0 Å². The molecule has 202 valence electrons. The van der Waals surface area contributed by atoms with E-state index in [-0.39, 0.29) is 18.4 Å². The Hall–Kier alpha value is -3.25. The lowest BCUT2D eigenvalue weighted by atomic mass is 10.0. The highest BCUT2D eigenvalue weighted by molar-refractivity contribution is 7.99. The second kappa shape index (κ2) is 10.7. The van der Waals surface area contributed by atoms with E-state index >= 15 is 0 Å². The fraction of sp³-hybridized carbons (Fsp3) is 0.370. The number of aliphatic hydroxyl groups excluding tert-OH is 2. The summed E-state index contributed by atoms with van der Waals surface area (Å²) < 4.78 is 1.51. The summed E-state index contributed by atoms with van der Waals surface area (Å²) in [6.45, 7) is 2.25. The van der Waals surface area contributed by atoms with Crippen LogP contribution >= 0.6 is 23.4 Å².